The van der Waals surface area contributed by atoms with Crippen LogP contribution in [0.25, 0.3) is 0 Å². The molecule has 2 bridgehead atoms. The first kappa shape index (κ1) is 11.7. The highest BCUT2D eigenvalue weighted by Crippen LogP contribution is 2.48. The van der Waals surface area contributed by atoms with Crippen molar-refractivity contribution >= 4 is 11.9 Å². The number of carbonyl (C=O) groups is 2. The zero-order chi connectivity index (χ0) is 12.6. The lowest BCUT2D eigenvalue weighted by atomic mass is 9.82. The molecule has 2 rings (SSSR count). The van der Waals surface area contributed by atoms with E-state index < -0.39 is 17.8 Å². The minimum Gasteiger partial charge on any atom is -0.481 e. The van der Waals surface area contributed by atoms with Gasteiger partial charge in [-0.3, -0.25) is 9.59 Å². The molecule has 4 nitrogen and oxygen atoms in total. The first-order valence-electron chi connectivity index (χ1n) is 5.72. The molecule has 4 heteroatoms. The normalized spacial score (nSPS) is 35.3. The maximum atomic E-state index is 12.0. The fourth-order valence-electron chi connectivity index (χ4n) is 2.87. The van der Waals surface area contributed by atoms with Gasteiger partial charge in [-0.25, -0.2) is 0 Å². The maximum absolute atomic E-state index is 12.0. The number of allylic oxidation sites excluding steroid dienone is 2. The molecule has 0 aromatic rings. The standard InChI is InChI=1S/C13H15NO3/c1-3-7(2)14-12(15)10-8-4-5-9(6-8)11(10)13(16)17/h1,4-5,7-11H,6H2,2H3,(H,14,15)(H,16,17). The molecule has 2 aliphatic rings. The summed E-state index contributed by atoms with van der Waals surface area (Å²) in [5.41, 5.74) is 0. The first-order chi connectivity index (χ1) is 8.04. The number of hydrogen-bond acceptors (Lipinski definition) is 2. The molecule has 90 valence electrons. The molecule has 2 aliphatic carbocycles. The van der Waals surface area contributed by atoms with Gasteiger partial charge in [0, 0.05) is 0 Å². The van der Waals surface area contributed by atoms with Crippen molar-refractivity contribution in [2.45, 2.75) is 19.4 Å². The van der Waals surface area contributed by atoms with Gasteiger partial charge in [0.05, 0.1) is 17.9 Å². The molecule has 17 heavy (non-hydrogen) atoms. The van der Waals surface area contributed by atoms with Gasteiger partial charge in [-0.15, -0.1) is 6.42 Å². The number of aliphatic carboxylic acids is 1. The summed E-state index contributed by atoms with van der Waals surface area (Å²) in [4.78, 5) is 23.2. The summed E-state index contributed by atoms with van der Waals surface area (Å²) >= 11 is 0. The SMILES string of the molecule is C#CC(C)NC(=O)C1C2C=CC(C2)C1C(=O)O. The quantitative estimate of drug-likeness (QED) is 0.555. The van der Waals surface area contributed by atoms with E-state index in [4.69, 9.17) is 6.42 Å². The van der Waals surface area contributed by atoms with E-state index in [0.29, 0.717) is 0 Å². The summed E-state index contributed by atoms with van der Waals surface area (Å²) in [7, 11) is 0. The first-order valence-corrected chi connectivity index (χ1v) is 5.72. The lowest BCUT2D eigenvalue weighted by molar-refractivity contribution is -0.147. The van der Waals surface area contributed by atoms with Crippen molar-refractivity contribution in [1.29, 1.82) is 0 Å². The van der Waals surface area contributed by atoms with E-state index in [-0.39, 0.29) is 23.8 Å². The van der Waals surface area contributed by atoms with Crippen LogP contribution in [0.2, 0.25) is 0 Å². The van der Waals surface area contributed by atoms with E-state index in [1.165, 1.54) is 0 Å². The van der Waals surface area contributed by atoms with Crippen molar-refractivity contribution in [1.82, 2.24) is 5.32 Å². The fourth-order valence-corrected chi connectivity index (χ4v) is 2.87. The van der Waals surface area contributed by atoms with Crippen LogP contribution in [0.1, 0.15) is 13.3 Å². The van der Waals surface area contributed by atoms with E-state index in [0.717, 1.165) is 6.42 Å². The molecule has 0 heterocycles. The van der Waals surface area contributed by atoms with Gasteiger partial charge in [-0.1, -0.05) is 18.1 Å². The summed E-state index contributed by atoms with van der Waals surface area (Å²) in [6, 6.07) is -0.361. The molecule has 5 atom stereocenters. The van der Waals surface area contributed by atoms with Gasteiger partial charge < -0.3 is 10.4 Å². The van der Waals surface area contributed by atoms with Crippen LogP contribution >= 0.6 is 0 Å². The zero-order valence-electron chi connectivity index (χ0n) is 9.59. The second-order valence-electron chi connectivity index (χ2n) is 4.74. The molecule has 0 saturated heterocycles. The summed E-state index contributed by atoms with van der Waals surface area (Å²) in [5, 5.41) is 11.9. The lowest BCUT2D eigenvalue weighted by Crippen LogP contribution is -2.43. The minimum atomic E-state index is -0.893. The molecule has 0 spiro atoms. The molecular weight excluding hydrogens is 218 g/mol. The second kappa shape index (κ2) is 4.25. The smallest absolute Gasteiger partial charge is 0.307 e. The van der Waals surface area contributed by atoms with Crippen LogP contribution in [0.4, 0.5) is 0 Å². The van der Waals surface area contributed by atoms with E-state index in [1.54, 1.807) is 6.92 Å². The van der Waals surface area contributed by atoms with Gasteiger partial charge in [-0.05, 0) is 25.2 Å². The molecule has 2 N–H and O–H groups in total. The summed E-state index contributed by atoms with van der Waals surface area (Å²) in [5.74, 6) is 0.247. The van der Waals surface area contributed by atoms with Crippen molar-refractivity contribution in [2.75, 3.05) is 0 Å². The molecule has 1 saturated carbocycles. The second-order valence-corrected chi connectivity index (χ2v) is 4.74. The monoisotopic (exact) mass is 233 g/mol. The van der Waals surface area contributed by atoms with E-state index >= 15 is 0 Å². The Labute approximate surface area is 100 Å². The van der Waals surface area contributed by atoms with Crippen molar-refractivity contribution in [2.24, 2.45) is 23.7 Å². The predicted octanol–water partition coefficient (Wildman–Crippen LogP) is 0.647. The van der Waals surface area contributed by atoms with Gasteiger partial charge in [0.25, 0.3) is 0 Å². The van der Waals surface area contributed by atoms with E-state index in [2.05, 4.69) is 11.2 Å². The third-order valence-electron chi connectivity index (χ3n) is 3.66. The number of carboxylic acids is 1. The average Bonchev–Trinajstić information content (AvgIpc) is 2.87. The van der Waals surface area contributed by atoms with Crippen molar-refractivity contribution in [3.8, 4) is 12.3 Å². The van der Waals surface area contributed by atoms with Crippen LogP contribution in [0.3, 0.4) is 0 Å². The Hall–Kier alpha value is -1.76. The average molecular weight is 233 g/mol. The highest BCUT2D eigenvalue weighted by Gasteiger charge is 2.51. The Morgan fingerprint density at radius 2 is 2.00 bits per heavy atom. The molecule has 1 amide bonds. The van der Waals surface area contributed by atoms with Crippen LogP contribution in [-0.2, 0) is 9.59 Å². The van der Waals surface area contributed by atoms with Gasteiger partial charge in [0.2, 0.25) is 5.91 Å². The lowest BCUT2D eigenvalue weighted by Gasteiger charge is -2.24. The Morgan fingerprint density at radius 1 is 1.41 bits per heavy atom. The zero-order valence-corrected chi connectivity index (χ0v) is 9.59. The molecule has 5 unspecified atom stereocenters. The number of hydrogen-bond donors (Lipinski definition) is 2. The number of fused-ring (bicyclic) bond motifs is 2. The number of terminal acetylenes is 1. The number of nitrogens with one attached hydrogen (secondary N) is 1. The third-order valence-corrected chi connectivity index (χ3v) is 3.66. The van der Waals surface area contributed by atoms with E-state index in [9.17, 15) is 14.7 Å². The Kier molecular flexibility index (Phi) is 2.93. The summed E-state index contributed by atoms with van der Waals surface area (Å²) < 4.78 is 0. The van der Waals surface area contributed by atoms with Crippen molar-refractivity contribution in [3.05, 3.63) is 12.2 Å². The largest absolute Gasteiger partial charge is 0.481 e. The molecule has 0 radical (unpaired) electrons. The highest BCUT2D eigenvalue weighted by atomic mass is 16.4. The van der Waals surface area contributed by atoms with Gasteiger partial charge in [0.1, 0.15) is 0 Å². The summed E-state index contributed by atoms with van der Waals surface area (Å²) in [6.45, 7) is 1.71. The Bertz CT molecular complexity index is 421. The summed E-state index contributed by atoms with van der Waals surface area (Å²) in [6.07, 6.45) is 9.83. The molecular formula is C13H15NO3. The number of rotatable bonds is 3. The van der Waals surface area contributed by atoms with Crippen molar-refractivity contribution < 1.29 is 14.7 Å². The number of carboxylic acid groups (broad SMARTS) is 1. The predicted molar refractivity (Wildman–Crippen MR) is 61.8 cm³/mol. The van der Waals surface area contributed by atoms with Gasteiger partial charge >= 0.3 is 5.97 Å². The fraction of sp³-hybridized carbons (Fsp3) is 0.538. The van der Waals surface area contributed by atoms with Crippen LogP contribution in [0.15, 0.2) is 12.2 Å². The van der Waals surface area contributed by atoms with Crippen LogP contribution in [0.5, 0.6) is 0 Å². The number of carbonyl (C=O) groups excluding carboxylic acids is 1. The topological polar surface area (TPSA) is 66.4 Å². The number of amides is 1. The van der Waals surface area contributed by atoms with Gasteiger partial charge in [-0.2, -0.15) is 0 Å². The van der Waals surface area contributed by atoms with Crippen LogP contribution < -0.4 is 5.32 Å². The van der Waals surface area contributed by atoms with Crippen LogP contribution in [-0.4, -0.2) is 23.0 Å². The molecule has 1 fully saturated rings. The molecule has 0 aromatic heterocycles. The Balaban J connectivity index is 2.14. The van der Waals surface area contributed by atoms with E-state index in [1.807, 2.05) is 12.2 Å². The maximum Gasteiger partial charge on any atom is 0.307 e. The Morgan fingerprint density at radius 3 is 2.53 bits per heavy atom. The molecule has 0 aromatic carbocycles. The highest BCUT2D eigenvalue weighted by molar-refractivity contribution is 5.87. The third kappa shape index (κ3) is 1.93. The van der Waals surface area contributed by atoms with Crippen molar-refractivity contribution in [3.63, 3.8) is 0 Å². The molecule has 0 aliphatic heterocycles. The minimum absolute atomic E-state index is 0.00519. The van der Waals surface area contributed by atoms with Crippen LogP contribution in [0, 0.1) is 36.0 Å². The van der Waals surface area contributed by atoms with Gasteiger partial charge in [0.15, 0.2) is 0 Å².